The van der Waals surface area contributed by atoms with Gasteiger partial charge in [-0.1, -0.05) is 62.4 Å². The summed E-state index contributed by atoms with van der Waals surface area (Å²) in [6.07, 6.45) is 5.11. The highest BCUT2D eigenvalue weighted by atomic mass is 32.2. The van der Waals surface area contributed by atoms with Crippen molar-refractivity contribution in [1.82, 2.24) is 0 Å². The predicted molar refractivity (Wildman–Crippen MR) is 169 cm³/mol. The van der Waals surface area contributed by atoms with E-state index in [0.717, 1.165) is 25.7 Å². The lowest BCUT2D eigenvalue weighted by Gasteiger charge is -2.60. The number of rotatable bonds is 6. The van der Waals surface area contributed by atoms with E-state index in [1.807, 2.05) is 0 Å². The third-order valence-electron chi connectivity index (χ3n) is 11.8. The monoisotopic (exact) mass is 639 g/mol. The molecule has 3 aromatic carbocycles. The number of fused-ring (bicyclic) bond motifs is 1. The summed E-state index contributed by atoms with van der Waals surface area (Å²) in [5.41, 5.74) is 4.34. The van der Waals surface area contributed by atoms with Crippen molar-refractivity contribution in [3.8, 4) is 5.75 Å². The second kappa shape index (κ2) is 10.3. The summed E-state index contributed by atoms with van der Waals surface area (Å²) >= 11 is 0. The van der Waals surface area contributed by atoms with Gasteiger partial charge in [0.1, 0.15) is 21.5 Å². The van der Waals surface area contributed by atoms with Crippen LogP contribution in [0.15, 0.2) is 65.6 Å². The van der Waals surface area contributed by atoms with Crippen LogP contribution in [-0.4, -0.2) is 30.5 Å². The van der Waals surface area contributed by atoms with E-state index in [4.69, 9.17) is 9.47 Å². The molecule has 4 fully saturated rings. The van der Waals surface area contributed by atoms with E-state index < -0.39 is 21.1 Å². The molecule has 0 aromatic heterocycles. The predicted octanol–water partition coefficient (Wildman–Crippen LogP) is 7.11. The number of aryl methyl sites for hydroxylation is 1. The normalized spacial score (nSPS) is 31.8. The van der Waals surface area contributed by atoms with Crippen molar-refractivity contribution in [3.05, 3.63) is 94.0 Å². The minimum atomic E-state index is -4.69. The lowest BCUT2D eigenvalue weighted by atomic mass is 9.48. The molecule has 46 heavy (non-hydrogen) atoms. The third kappa shape index (κ3) is 4.58. The first-order chi connectivity index (χ1) is 21.9. The van der Waals surface area contributed by atoms with Crippen molar-refractivity contribution in [1.29, 1.82) is 0 Å². The van der Waals surface area contributed by atoms with Gasteiger partial charge in [-0.3, -0.25) is 9.59 Å². The highest BCUT2D eigenvalue weighted by Gasteiger charge is 2.63. The van der Waals surface area contributed by atoms with Crippen molar-refractivity contribution in [2.45, 2.75) is 94.0 Å². The summed E-state index contributed by atoms with van der Waals surface area (Å²) in [7, 11) is -4.69. The summed E-state index contributed by atoms with van der Waals surface area (Å²) < 4.78 is 48.7. The first kappa shape index (κ1) is 29.9. The summed E-state index contributed by atoms with van der Waals surface area (Å²) in [6, 6.07) is 19.8. The number of benzene rings is 3. The van der Waals surface area contributed by atoms with Crippen molar-refractivity contribution in [3.63, 3.8) is 0 Å². The lowest BCUT2D eigenvalue weighted by Crippen LogP contribution is -2.61. The van der Waals surface area contributed by atoms with Crippen LogP contribution < -0.4 is 4.74 Å². The Morgan fingerprint density at radius 3 is 2.02 bits per heavy atom. The average Bonchev–Trinajstić information content (AvgIpc) is 3.00. The van der Waals surface area contributed by atoms with Crippen LogP contribution in [0.3, 0.4) is 0 Å². The van der Waals surface area contributed by atoms with E-state index in [1.165, 1.54) is 34.4 Å². The van der Waals surface area contributed by atoms with Crippen LogP contribution in [0, 0.1) is 30.1 Å². The molecule has 3 aromatic rings. The van der Waals surface area contributed by atoms with Crippen LogP contribution in [-0.2, 0) is 24.4 Å². The van der Waals surface area contributed by atoms with Crippen LogP contribution in [0.25, 0.3) is 0 Å². The molecule has 7 aliphatic rings. The van der Waals surface area contributed by atoms with Crippen molar-refractivity contribution in [2.75, 3.05) is 0 Å². The molecule has 4 saturated carbocycles. The fraction of sp³-hybridized carbons (Fsp3) is 0.474. The van der Waals surface area contributed by atoms with Gasteiger partial charge in [-0.15, -0.1) is 0 Å². The molecule has 10 rings (SSSR count). The molecule has 0 saturated heterocycles. The molecular formula is C38H39O7S-. The molecule has 0 amide bonds. The van der Waals surface area contributed by atoms with Gasteiger partial charge >= 0.3 is 11.9 Å². The first-order valence-electron chi connectivity index (χ1n) is 16.6. The van der Waals surface area contributed by atoms with Gasteiger partial charge in [0.05, 0.1) is 16.2 Å². The maximum Gasteiger partial charge on any atom is 0.317 e. The maximum absolute atomic E-state index is 14.3. The van der Waals surface area contributed by atoms with E-state index in [-0.39, 0.29) is 58.1 Å². The zero-order chi connectivity index (χ0) is 32.2. The van der Waals surface area contributed by atoms with Crippen molar-refractivity contribution in [2.24, 2.45) is 23.2 Å². The van der Waals surface area contributed by atoms with Crippen LogP contribution in [0.4, 0.5) is 0 Å². The van der Waals surface area contributed by atoms with Gasteiger partial charge in [0, 0.05) is 18.3 Å². The Morgan fingerprint density at radius 1 is 0.870 bits per heavy atom. The SMILES string of the molecule is Cc1cc(S(=O)(=O)[O-])c(C(C)C)cc1OC(=O)C12CC3CC(CC(OC(=O)C4CC5c6ccccc6C4c4ccccc45)(C3)C1)C2. The number of carbonyl (C=O) groups is 2. The third-order valence-corrected chi connectivity index (χ3v) is 12.7. The second-order valence-electron chi connectivity index (χ2n) is 15.1. The fourth-order valence-corrected chi connectivity index (χ4v) is 11.3. The van der Waals surface area contributed by atoms with Gasteiger partial charge in [0.15, 0.2) is 0 Å². The van der Waals surface area contributed by atoms with E-state index in [0.29, 0.717) is 30.4 Å². The Kier molecular flexibility index (Phi) is 6.66. The highest BCUT2D eigenvalue weighted by molar-refractivity contribution is 7.85. The van der Waals surface area contributed by atoms with Crippen molar-refractivity contribution < 1.29 is 32.0 Å². The van der Waals surface area contributed by atoms with Gasteiger partial charge in [0.25, 0.3) is 0 Å². The molecular weight excluding hydrogens is 600 g/mol. The quantitative estimate of drug-likeness (QED) is 0.161. The first-order valence-corrected chi connectivity index (χ1v) is 18.0. The number of hydrogen-bond acceptors (Lipinski definition) is 7. The molecule has 240 valence electrons. The van der Waals surface area contributed by atoms with Gasteiger partial charge in [-0.05, 0) is 109 Å². The molecule has 0 aliphatic heterocycles. The van der Waals surface area contributed by atoms with Gasteiger partial charge < -0.3 is 14.0 Å². The topological polar surface area (TPSA) is 110 Å². The zero-order valence-corrected chi connectivity index (χ0v) is 27.3. The summed E-state index contributed by atoms with van der Waals surface area (Å²) in [6.45, 7) is 5.26. The number of esters is 2. The molecule has 6 bridgehead atoms. The van der Waals surface area contributed by atoms with Crippen molar-refractivity contribution >= 4 is 22.1 Å². The Morgan fingerprint density at radius 2 is 1.46 bits per heavy atom. The lowest BCUT2D eigenvalue weighted by molar-refractivity contribution is -0.212. The van der Waals surface area contributed by atoms with E-state index in [2.05, 4.69) is 48.5 Å². The Balaban J connectivity index is 1.07. The molecule has 0 N–H and O–H groups in total. The molecule has 0 heterocycles. The minimum absolute atomic E-state index is 0.0447. The van der Waals surface area contributed by atoms with Crippen LogP contribution in [0.5, 0.6) is 5.75 Å². The number of hydrogen-bond donors (Lipinski definition) is 0. The minimum Gasteiger partial charge on any atom is -0.744 e. The standard InChI is InChI=1S/C38H40O7S/c1-21(2)29-15-32(22(3)12-33(29)46(41,42)43)44-36(40)37-16-23-13-24(17-37)19-38(18-23,20-37)45-35(39)31-14-30-25-8-4-6-10-27(25)34(31)28-11-7-5-9-26(28)30/h4-12,15,21,23-24,30-31,34H,13-14,16-20H2,1-3H3,(H,41,42,43)/p-1. The van der Waals surface area contributed by atoms with Gasteiger partial charge in [-0.25, -0.2) is 8.42 Å². The molecule has 0 spiro atoms. The molecule has 7 nitrogen and oxygen atoms in total. The summed E-state index contributed by atoms with van der Waals surface area (Å²) in [5.74, 6) is -0.109. The molecule has 3 unspecified atom stereocenters. The number of carbonyl (C=O) groups excluding carboxylic acids is 2. The molecule has 0 radical (unpaired) electrons. The highest BCUT2D eigenvalue weighted by Crippen LogP contribution is 2.64. The largest absolute Gasteiger partial charge is 0.744 e. The number of ether oxygens (including phenoxy) is 2. The average molecular weight is 640 g/mol. The molecule has 3 atom stereocenters. The second-order valence-corrected chi connectivity index (χ2v) is 16.5. The Labute approximate surface area is 270 Å². The zero-order valence-electron chi connectivity index (χ0n) is 26.5. The molecule has 7 aliphatic carbocycles. The smallest absolute Gasteiger partial charge is 0.317 e. The van der Waals surface area contributed by atoms with Crippen LogP contribution in [0.1, 0.15) is 110 Å². The van der Waals surface area contributed by atoms with E-state index >= 15 is 0 Å². The van der Waals surface area contributed by atoms with Gasteiger partial charge in [0.2, 0.25) is 0 Å². The summed E-state index contributed by atoms with van der Waals surface area (Å²) in [4.78, 5) is 28.2. The Bertz CT molecular complexity index is 1830. The Hall–Kier alpha value is -3.49. The summed E-state index contributed by atoms with van der Waals surface area (Å²) in [5, 5.41) is 0. The fourth-order valence-electron chi connectivity index (χ4n) is 10.4. The molecule has 8 heteroatoms. The van der Waals surface area contributed by atoms with Gasteiger partial charge in [-0.2, -0.15) is 0 Å². The van der Waals surface area contributed by atoms with E-state index in [1.54, 1.807) is 20.8 Å². The van der Waals surface area contributed by atoms with Crippen LogP contribution >= 0.6 is 0 Å². The maximum atomic E-state index is 14.3. The van der Waals surface area contributed by atoms with E-state index in [9.17, 15) is 22.6 Å². The van der Waals surface area contributed by atoms with Crippen LogP contribution in [0.2, 0.25) is 0 Å².